The van der Waals surface area contributed by atoms with Crippen molar-refractivity contribution in [3.63, 3.8) is 0 Å². The van der Waals surface area contributed by atoms with Gasteiger partial charge in [0.25, 0.3) is 0 Å². The highest BCUT2D eigenvalue weighted by atomic mass is 16.4. The van der Waals surface area contributed by atoms with Crippen molar-refractivity contribution in [3.8, 4) is 0 Å². The molecule has 2 aromatic heterocycles. The van der Waals surface area contributed by atoms with E-state index in [-0.39, 0.29) is 12.8 Å². The molecule has 0 aliphatic carbocycles. The number of aliphatic hydroxyl groups is 1. The maximum atomic E-state index is 13.2. The Kier molecular flexibility index (Phi) is 8.53. The fourth-order valence-corrected chi connectivity index (χ4v) is 3.54. The van der Waals surface area contributed by atoms with Crippen molar-refractivity contribution in [1.29, 1.82) is 0 Å². The number of carboxylic acids is 1. The van der Waals surface area contributed by atoms with E-state index in [1.165, 1.54) is 12.5 Å². The minimum Gasteiger partial charge on any atom is -0.480 e. The molecule has 0 fully saturated rings. The largest absolute Gasteiger partial charge is 0.480 e. The number of hydrogen-bond acceptors (Lipinski definition) is 7. The van der Waals surface area contributed by atoms with Gasteiger partial charge in [-0.1, -0.05) is 18.2 Å². The number of carboxylic acid groups (broad SMARTS) is 1. The average molecular weight is 486 g/mol. The van der Waals surface area contributed by atoms with Crippen LogP contribution in [0.3, 0.4) is 0 Å². The Morgan fingerprint density at radius 1 is 0.971 bits per heavy atom. The first-order chi connectivity index (χ1) is 16.8. The van der Waals surface area contributed by atoms with E-state index in [4.69, 9.17) is 5.73 Å². The number of hydrogen-bond donors (Lipinski definition) is 8. The van der Waals surface area contributed by atoms with Crippen molar-refractivity contribution in [3.05, 3.63) is 54.2 Å². The van der Waals surface area contributed by atoms with Crippen LogP contribution in [0.5, 0.6) is 0 Å². The smallest absolute Gasteiger partial charge is 0.326 e. The summed E-state index contributed by atoms with van der Waals surface area (Å²) in [5.41, 5.74) is 7.27. The molecule has 0 saturated heterocycles. The number of nitrogens with zero attached hydrogens (tertiary/aromatic N) is 1. The lowest BCUT2D eigenvalue weighted by atomic mass is 10.0. The molecule has 1 aromatic carbocycles. The third-order valence-electron chi connectivity index (χ3n) is 5.35. The molecule has 35 heavy (non-hydrogen) atoms. The van der Waals surface area contributed by atoms with E-state index in [2.05, 4.69) is 30.9 Å². The Labute approximate surface area is 199 Å². The van der Waals surface area contributed by atoms with Gasteiger partial charge in [-0.2, -0.15) is 0 Å². The lowest BCUT2D eigenvalue weighted by molar-refractivity contribution is -0.142. The Morgan fingerprint density at radius 2 is 1.69 bits per heavy atom. The van der Waals surface area contributed by atoms with Gasteiger partial charge < -0.3 is 41.9 Å². The van der Waals surface area contributed by atoms with E-state index in [1.807, 2.05) is 24.3 Å². The van der Waals surface area contributed by atoms with Crippen molar-refractivity contribution in [2.75, 3.05) is 13.2 Å². The van der Waals surface area contributed by atoms with E-state index >= 15 is 0 Å². The number of imidazole rings is 1. The molecular weight excluding hydrogens is 458 g/mol. The number of carbonyl (C=O) groups excluding carboxylic acids is 3. The first-order valence-electron chi connectivity index (χ1n) is 10.8. The molecular formula is C22H27N7O6. The summed E-state index contributed by atoms with van der Waals surface area (Å²) in [7, 11) is 0. The van der Waals surface area contributed by atoms with Gasteiger partial charge >= 0.3 is 5.97 Å². The lowest BCUT2D eigenvalue weighted by Gasteiger charge is -2.23. The Balaban J connectivity index is 1.82. The number of fused-ring (bicyclic) bond motifs is 1. The molecule has 0 aliphatic heterocycles. The highest BCUT2D eigenvalue weighted by Crippen LogP contribution is 2.19. The number of nitrogens with two attached hydrogens (primary N) is 1. The molecule has 13 heteroatoms. The summed E-state index contributed by atoms with van der Waals surface area (Å²) in [5, 5.41) is 27.2. The molecule has 0 saturated carbocycles. The van der Waals surface area contributed by atoms with Crippen LogP contribution in [0.1, 0.15) is 11.3 Å². The second-order valence-corrected chi connectivity index (χ2v) is 7.81. The van der Waals surface area contributed by atoms with E-state index in [0.717, 1.165) is 10.9 Å². The van der Waals surface area contributed by atoms with E-state index in [0.29, 0.717) is 11.3 Å². The SMILES string of the molecule is NCC(=O)NC(CO)C(=O)NC(Cc1c[nH]c2ccccc12)C(=O)NC(Cc1cnc[nH]1)C(=O)O. The number of benzene rings is 1. The zero-order valence-corrected chi connectivity index (χ0v) is 18.7. The van der Waals surface area contributed by atoms with Gasteiger partial charge in [0.15, 0.2) is 0 Å². The quantitative estimate of drug-likeness (QED) is 0.146. The molecule has 0 bridgehead atoms. The fourth-order valence-electron chi connectivity index (χ4n) is 3.54. The predicted molar refractivity (Wildman–Crippen MR) is 124 cm³/mol. The molecule has 9 N–H and O–H groups in total. The van der Waals surface area contributed by atoms with Gasteiger partial charge in [0.1, 0.15) is 18.1 Å². The van der Waals surface area contributed by atoms with Gasteiger partial charge in [0.2, 0.25) is 17.7 Å². The summed E-state index contributed by atoms with van der Waals surface area (Å²) in [6.07, 6.45) is 4.48. The summed E-state index contributed by atoms with van der Waals surface area (Å²) in [6, 6.07) is 3.50. The lowest BCUT2D eigenvalue weighted by Crippen LogP contribution is -2.57. The zero-order valence-electron chi connectivity index (χ0n) is 18.7. The standard InChI is InChI=1S/C22H27N7O6/c23-7-19(31)27-18(10-30)21(33)28-16(5-12-8-25-15-4-2-1-3-14(12)15)20(32)29-17(22(34)35)6-13-9-24-11-26-13/h1-4,8-9,11,16-18,25,30H,5-7,10,23H2,(H,24,26)(H,27,31)(H,28,33)(H,29,32)(H,34,35). The highest BCUT2D eigenvalue weighted by Gasteiger charge is 2.30. The summed E-state index contributed by atoms with van der Waals surface area (Å²) < 4.78 is 0. The van der Waals surface area contributed by atoms with Gasteiger partial charge in [-0.05, 0) is 11.6 Å². The number of rotatable bonds is 12. The van der Waals surface area contributed by atoms with Crippen LogP contribution in [0.4, 0.5) is 0 Å². The van der Waals surface area contributed by atoms with Crippen molar-refractivity contribution in [1.82, 2.24) is 30.9 Å². The van der Waals surface area contributed by atoms with Crippen LogP contribution < -0.4 is 21.7 Å². The summed E-state index contributed by atoms with van der Waals surface area (Å²) in [5.74, 6) is -3.51. The van der Waals surface area contributed by atoms with Gasteiger partial charge in [-0.15, -0.1) is 0 Å². The third kappa shape index (κ3) is 6.65. The Hall–Kier alpha value is -4.23. The van der Waals surface area contributed by atoms with Crippen LogP contribution in [0.25, 0.3) is 10.9 Å². The molecule has 2 heterocycles. The van der Waals surface area contributed by atoms with Gasteiger partial charge in [0, 0.05) is 41.8 Å². The number of aliphatic carboxylic acids is 1. The number of H-pyrrole nitrogens is 2. The number of aliphatic hydroxyl groups excluding tert-OH is 1. The van der Waals surface area contributed by atoms with Crippen LogP contribution in [-0.2, 0) is 32.0 Å². The first-order valence-corrected chi connectivity index (χ1v) is 10.8. The maximum Gasteiger partial charge on any atom is 0.326 e. The molecule has 3 atom stereocenters. The van der Waals surface area contributed by atoms with Crippen molar-refractivity contribution in [2.45, 2.75) is 31.0 Å². The van der Waals surface area contributed by atoms with Crippen molar-refractivity contribution < 1.29 is 29.4 Å². The van der Waals surface area contributed by atoms with Gasteiger partial charge in [0.05, 0.1) is 19.5 Å². The molecule has 3 rings (SSSR count). The number of aromatic nitrogens is 3. The van der Waals surface area contributed by atoms with Crippen molar-refractivity contribution in [2.24, 2.45) is 5.73 Å². The number of amides is 3. The average Bonchev–Trinajstić information content (AvgIpc) is 3.51. The number of aromatic amines is 2. The molecule has 186 valence electrons. The van der Waals surface area contributed by atoms with Crippen LogP contribution in [-0.4, -0.2) is 80.1 Å². The highest BCUT2D eigenvalue weighted by molar-refractivity contribution is 5.94. The minimum atomic E-state index is -1.34. The zero-order chi connectivity index (χ0) is 25.4. The van der Waals surface area contributed by atoms with Crippen LogP contribution in [0.2, 0.25) is 0 Å². The van der Waals surface area contributed by atoms with Gasteiger partial charge in [-0.3, -0.25) is 14.4 Å². The van der Waals surface area contributed by atoms with Crippen LogP contribution in [0.15, 0.2) is 43.0 Å². The fraction of sp³-hybridized carbons (Fsp3) is 0.318. The molecule has 3 amide bonds. The number of para-hydroxylation sites is 1. The summed E-state index contributed by atoms with van der Waals surface area (Å²) in [6.45, 7) is -1.12. The van der Waals surface area contributed by atoms with Crippen LogP contribution in [0, 0.1) is 0 Å². The monoisotopic (exact) mass is 485 g/mol. The Bertz CT molecular complexity index is 1180. The van der Waals surface area contributed by atoms with Crippen LogP contribution >= 0.6 is 0 Å². The van der Waals surface area contributed by atoms with E-state index < -0.39 is 55.0 Å². The summed E-state index contributed by atoms with van der Waals surface area (Å²) in [4.78, 5) is 59.0. The number of nitrogens with one attached hydrogen (secondary N) is 5. The molecule has 0 radical (unpaired) electrons. The minimum absolute atomic E-state index is 0.0148. The Morgan fingerprint density at radius 3 is 2.34 bits per heavy atom. The first kappa shape index (κ1) is 25.4. The molecule has 13 nitrogen and oxygen atoms in total. The summed E-state index contributed by atoms with van der Waals surface area (Å²) >= 11 is 0. The van der Waals surface area contributed by atoms with E-state index in [9.17, 15) is 29.4 Å². The number of carbonyl (C=O) groups is 4. The maximum absolute atomic E-state index is 13.2. The van der Waals surface area contributed by atoms with Gasteiger partial charge in [-0.25, -0.2) is 9.78 Å². The molecule has 3 unspecified atom stereocenters. The second-order valence-electron chi connectivity index (χ2n) is 7.81. The van der Waals surface area contributed by atoms with Crippen molar-refractivity contribution >= 4 is 34.6 Å². The predicted octanol–water partition coefficient (Wildman–Crippen LogP) is -1.83. The molecule has 0 aliphatic rings. The molecule has 0 spiro atoms. The topological polar surface area (TPSA) is 215 Å². The molecule has 3 aromatic rings. The second kappa shape index (κ2) is 11.8. The van der Waals surface area contributed by atoms with E-state index in [1.54, 1.807) is 6.20 Å². The third-order valence-corrected chi connectivity index (χ3v) is 5.35. The normalized spacial score (nSPS) is 13.5.